The molecule has 5 nitrogen and oxygen atoms in total. The number of halogens is 1. The fourth-order valence-corrected chi connectivity index (χ4v) is 2.25. The summed E-state index contributed by atoms with van der Waals surface area (Å²) in [5.74, 6) is 0. The summed E-state index contributed by atoms with van der Waals surface area (Å²) in [7, 11) is 0. The highest BCUT2D eigenvalue weighted by Crippen LogP contribution is 2.26. The maximum atomic E-state index is 11.7. The van der Waals surface area contributed by atoms with Crippen LogP contribution in [-0.4, -0.2) is 11.1 Å². The van der Waals surface area contributed by atoms with E-state index in [1.807, 2.05) is 42.5 Å². The topological polar surface area (TPSA) is 64.4 Å². The number of nitrogens with zero attached hydrogens (tertiary/aromatic N) is 1. The number of oxazole rings is 1. The highest BCUT2D eigenvalue weighted by molar-refractivity contribution is 9.10. The van der Waals surface area contributed by atoms with Gasteiger partial charge in [0.1, 0.15) is 12.1 Å². The van der Waals surface area contributed by atoms with Gasteiger partial charge in [0.25, 0.3) is 0 Å². The third-order valence-electron chi connectivity index (χ3n) is 2.79. The Hall–Kier alpha value is -2.34. The number of rotatable bonds is 3. The van der Waals surface area contributed by atoms with E-state index in [1.165, 1.54) is 0 Å². The molecule has 0 aliphatic heterocycles. The summed E-state index contributed by atoms with van der Waals surface area (Å²) in [4.78, 5) is 15.9. The van der Waals surface area contributed by atoms with Gasteiger partial charge < -0.3 is 9.15 Å². The zero-order chi connectivity index (χ0) is 14.7. The molecule has 21 heavy (non-hydrogen) atoms. The molecule has 0 fully saturated rings. The molecule has 2 aromatic carbocycles. The highest BCUT2D eigenvalue weighted by atomic mass is 79.9. The third-order valence-corrected chi connectivity index (χ3v) is 3.41. The van der Waals surface area contributed by atoms with Gasteiger partial charge in [-0.2, -0.15) is 4.98 Å². The van der Waals surface area contributed by atoms with Gasteiger partial charge in [0, 0.05) is 0 Å². The van der Waals surface area contributed by atoms with Gasteiger partial charge in [0.05, 0.1) is 4.47 Å². The number of aromatic nitrogens is 1. The molecule has 0 bridgehead atoms. The molecule has 6 heteroatoms. The summed E-state index contributed by atoms with van der Waals surface area (Å²) in [6.45, 7) is 0.191. The van der Waals surface area contributed by atoms with Gasteiger partial charge >= 0.3 is 12.1 Å². The Morgan fingerprint density at radius 3 is 2.76 bits per heavy atom. The van der Waals surface area contributed by atoms with Gasteiger partial charge in [-0.05, 0) is 33.6 Å². The summed E-state index contributed by atoms with van der Waals surface area (Å²) < 4.78 is 11.3. The molecule has 1 aromatic heterocycles. The number of hydrogen-bond acceptors (Lipinski definition) is 4. The minimum absolute atomic E-state index is 0.106. The molecule has 1 heterocycles. The maximum absolute atomic E-state index is 11.7. The van der Waals surface area contributed by atoms with Crippen LogP contribution in [0.3, 0.4) is 0 Å². The summed E-state index contributed by atoms with van der Waals surface area (Å²) in [6.07, 6.45) is -0.610. The lowest BCUT2D eigenvalue weighted by Crippen LogP contribution is -2.13. The Kier molecular flexibility index (Phi) is 3.87. The van der Waals surface area contributed by atoms with Crippen LogP contribution < -0.4 is 5.32 Å². The number of benzene rings is 2. The van der Waals surface area contributed by atoms with Gasteiger partial charge in [-0.1, -0.05) is 36.4 Å². The molecular weight excluding hydrogens is 336 g/mol. The lowest BCUT2D eigenvalue weighted by molar-refractivity contribution is 0.154. The summed E-state index contributed by atoms with van der Waals surface area (Å²) in [5.41, 5.74) is 2.14. The average molecular weight is 347 g/mol. The fraction of sp³-hybridized carbons (Fsp3) is 0.0667. The van der Waals surface area contributed by atoms with E-state index in [2.05, 4.69) is 26.2 Å². The van der Waals surface area contributed by atoms with Crippen LogP contribution in [0.15, 0.2) is 57.4 Å². The van der Waals surface area contributed by atoms with Crippen molar-refractivity contribution in [3.8, 4) is 0 Å². The van der Waals surface area contributed by atoms with Crippen molar-refractivity contribution in [2.24, 2.45) is 0 Å². The first-order chi connectivity index (χ1) is 10.2. The second kappa shape index (κ2) is 5.97. The number of carbonyl (C=O) groups excluding carboxylic acids is 1. The molecule has 0 unspecified atom stereocenters. The summed E-state index contributed by atoms with van der Waals surface area (Å²) in [5, 5.41) is 2.47. The Morgan fingerprint density at radius 1 is 1.19 bits per heavy atom. The van der Waals surface area contributed by atoms with Crippen molar-refractivity contribution < 1.29 is 13.9 Å². The molecule has 1 N–H and O–H groups in total. The second-order valence-electron chi connectivity index (χ2n) is 4.29. The molecule has 0 radical (unpaired) electrons. The number of fused-ring (bicyclic) bond motifs is 1. The Bertz CT molecular complexity index is 771. The van der Waals surface area contributed by atoms with Gasteiger partial charge in [-0.3, -0.25) is 0 Å². The van der Waals surface area contributed by atoms with E-state index in [9.17, 15) is 4.79 Å². The summed E-state index contributed by atoms with van der Waals surface area (Å²) >= 11 is 3.36. The van der Waals surface area contributed by atoms with Crippen LogP contribution in [0.4, 0.5) is 10.8 Å². The van der Waals surface area contributed by atoms with E-state index in [-0.39, 0.29) is 12.6 Å². The van der Waals surface area contributed by atoms with Gasteiger partial charge in [-0.15, -0.1) is 0 Å². The smallest absolute Gasteiger partial charge is 0.415 e. The zero-order valence-corrected chi connectivity index (χ0v) is 12.5. The van der Waals surface area contributed by atoms with Crippen LogP contribution in [0.5, 0.6) is 0 Å². The van der Waals surface area contributed by atoms with Gasteiger partial charge in [-0.25, -0.2) is 10.1 Å². The fourth-order valence-electron chi connectivity index (χ4n) is 1.82. The van der Waals surface area contributed by atoms with Crippen LogP contribution in [0.25, 0.3) is 11.1 Å². The first-order valence-corrected chi connectivity index (χ1v) is 7.04. The van der Waals surface area contributed by atoms with Crippen molar-refractivity contribution >= 4 is 39.1 Å². The number of para-hydroxylation sites is 1. The highest BCUT2D eigenvalue weighted by Gasteiger charge is 2.11. The molecule has 0 saturated carbocycles. The molecule has 0 aliphatic carbocycles. The molecule has 3 aromatic rings. The molecule has 0 spiro atoms. The largest absolute Gasteiger partial charge is 0.444 e. The zero-order valence-electron chi connectivity index (χ0n) is 10.9. The molecule has 0 atom stereocenters. The standard InChI is InChI=1S/C15H11BrN2O3/c16-11-7-4-8-12-13(11)21-14(17-12)18-15(19)20-9-10-5-2-1-3-6-10/h1-8H,9H2,(H,17,18,19). The quantitative estimate of drug-likeness (QED) is 0.766. The Balaban J connectivity index is 1.65. The number of hydrogen-bond donors (Lipinski definition) is 1. The van der Waals surface area contributed by atoms with Crippen LogP contribution in [0.2, 0.25) is 0 Å². The van der Waals surface area contributed by atoms with E-state index in [0.717, 1.165) is 10.0 Å². The molecule has 0 saturated heterocycles. The minimum atomic E-state index is -0.610. The first-order valence-electron chi connectivity index (χ1n) is 6.25. The van der Waals surface area contributed by atoms with E-state index in [0.29, 0.717) is 11.1 Å². The van der Waals surface area contributed by atoms with Crippen LogP contribution in [0.1, 0.15) is 5.56 Å². The van der Waals surface area contributed by atoms with Gasteiger partial charge in [0.15, 0.2) is 5.58 Å². The third kappa shape index (κ3) is 3.22. The average Bonchev–Trinajstić information content (AvgIpc) is 2.90. The maximum Gasteiger partial charge on any atom is 0.415 e. The SMILES string of the molecule is O=C(Nc1nc2cccc(Br)c2o1)OCc1ccccc1. The van der Waals surface area contributed by atoms with Crippen molar-refractivity contribution in [3.05, 3.63) is 58.6 Å². The van der Waals surface area contributed by atoms with Crippen molar-refractivity contribution in [1.82, 2.24) is 4.98 Å². The van der Waals surface area contributed by atoms with E-state index in [1.54, 1.807) is 6.07 Å². The molecule has 3 rings (SSSR count). The number of anilines is 1. The van der Waals surface area contributed by atoms with E-state index in [4.69, 9.17) is 9.15 Å². The van der Waals surface area contributed by atoms with Crippen molar-refractivity contribution in [2.45, 2.75) is 6.61 Å². The van der Waals surface area contributed by atoms with Gasteiger partial charge in [0.2, 0.25) is 0 Å². The lowest BCUT2D eigenvalue weighted by Gasteiger charge is -2.03. The first kappa shape index (κ1) is 13.6. The number of amides is 1. The van der Waals surface area contributed by atoms with Crippen molar-refractivity contribution in [1.29, 1.82) is 0 Å². The van der Waals surface area contributed by atoms with E-state index >= 15 is 0 Å². The van der Waals surface area contributed by atoms with Crippen molar-refractivity contribution in [3.63, 3.8) is 0 Å². The molecule has 1 amide bonds. The predicted octanol–water partition coefficient (Wildman–Crippen LogP) is 4.34. The molecule has 106 valence electrons. The normalized spacial score (nSPS) is 10.5. The monoisotopic (exact) mass is 346 g/mol. The summed E-state index contributed by atoms with van der Waals surface area (Å²) in [6, 6.07) is 15.0. The minimum Gasteiger partial charge on any atom is -0.444 e. The number of ether oxygens (including phenoxy) is 1. The predicted molar refractivity (Wildman–Crippen MR) is 82.0 cm³/mol. The lowest BCUT2D eigenvalue weighted by atomic mass is 10.2. The van der Waals surface area contributed by atoms with Crippen LogP contribution >= 0.6 is 15.9 Å². The van der Waals surface area contributed by atoms with Crippen LogP contribution in [-0.2, 0) is 11.3 Å². The molecular formula is C15H11BrN2O3. The Labute approximate surface area is 129 Å². The van der Waals surface area contributed by atoms with Crippen LogP contribution in [0, 0.1) is 0 Å². The second-order valence-corrected chi connectivity index (χ2v) is 5.15. The number of nitrogens with one attached hydrogen (secondary N) is 1. The van der Waals surface area contributed by atoms with E-state index < -0.39 is 6.09 Å². The number of carbonyl (C=O) groups is 1. The Morgan fingerprint density at radius 2 is 2.00 bits per heavy atom. The van der Waals surface area contributed by atoms with Crippen molar-refractivity contribution in [2.75, 3.05) is 5.32 Å². The molecule has 0 aliphatic rings.